The summed E-state index contributed by atoms with van der Waals surface area (Å²) in [4.78, 5) is 13.8. The van der Waals surface area contributed by atoms with Crippen molar-refractivity contribution < 1.29 is 4.79 Å². The van der Waals surface area contributed by atoms with Crippen molar-refractivity contribution in [3.63, 3.8) is 0 Å². The van der Waals surface area contributed by atoms with Gasteiger partial charge < -0.3 is 0 Å². The molecule has 0 aromatic rings. The van der Waals surface area contributed by atoms with E-state index in [1.807, 2.05) is 0 Å². The van der Waals surface area contributed by atoms with Gasteiger partial charge in [-0.2, -0.15) is 0 Å². The van der Waals surface area contributed by atoms with E-state index in [0.29, 0.717) is 17.9 Å². The van der Waals surface area contributed by atoms with Crippen LogP contribution in [0.15, 0.2) is 0 Å². The number of fused-ring (bicyclic) bond motifs is 5. The van der Waals surface area contributed by atoms with Crippen LogP contribution >= 0.6 is 0 Å². The first kappa shape index (κ1) is 7.07. The highest BCUT2D eigenvalue weighted by molar-refractivity contribution is 5.81. The van der Waals surface area contributed by atoms with Gasteiger partial charge in [0.05, 0.1) is 0 Å². The molecule has 4 atom stereocenters. The number of nitrogens with zero attached hydrogens (tertiary/aromatic N) is 1. The van der Waals surface area contributed by atoms with Crippen LogP contribution in [-0.4, -0.2) is 29.8 Å². The highest BCUT2D eigenvalue weighted by Gasteiger charge is 2.54. The fourth-order valence-electron chi connectivity index (χ4n) is 3.50. The molecule has 3 fully saturated rings. The Kier molecular flexibility index (Phi) is 1.24. The maximum atomic E-state index is 11.4. The average Bonchev–Trinajstić information content (AvgIpc) is 2.10. The first-order chi connectivity index (χ1) is 5.77. The van der Waals surface area contributed by atoms with Crippen LogP contribution in [0.3, 0.4) is 0 Å². The number of ketones is 1. The molecule has 3 rings (SSSR count). The Morgan fingerprint density at radius 1 is 1.17 bits per heavy atom. The Labute approximate surface area is 72.9 Å². The largest absolute Gasteiger partial charge is 0.300 e. The van der Waals surface area contributed by atoms with E-state index in [-0.39, 0.29) is 0 Å². The minimum absolute atomic E-state index is 0.512. The third kappa shape index (κ3) is 0.674. The van der Waals surface area contributed by atoms with Gasteiger partial charge in [0.25, 0.3) is 0 Å². The van der Waals surface area contributed by atoms with Crippen LogP contribution < -0.4 is 0 Å². The summed E-state index contributed by atoms with van der Waals surface area (Å²) in [6.07, 6.45) is 4.44. The zero-order chi connectivity index (χ0) is 8.29. The lowest BCUT2D eigenvalue weighted by molar-refractivity contribution is -0.123. The molecule has 2 saturated heterocycles. The van der Waals surface area contributed by atoms with Crippen molar-refractivity contribution in [1.82, 2.24) is 4.90 Å². The number of rotatable bonds is 0. The first-order valence-corrected chi connectivity index (χ1v) is 5.01. The molecule has 2 heteroatoms. The Morgan fingerprint density at radius 3 is 2.08 bits per heavy atom. The lowest BCUT2D eigenvalue weighted by Crippen LogP contribution is -2.41. The van der Waals surface area contributed by atoms with Gasteiger partial charge in [-0.05, 0) is 31.7 Å². The Bertz CT molecular complexity index is 212. The van der Waals surface area contributed by atoms with Gasteiger partial charge in [0.15, 0.2) is 0 Å². The van der Waals surface area contributed by atoms with Gasteiger partial charge >= 0.3 is 0 Å². The molecule has 66 valence electrons. The predicted octanol–water partition coefficient (Wildman–Crippen LogP) is 1.06. The summed E-state index contributed by atoms with van der Waals surface area (Å²) >= 11 is 0. The second-order valence-corrected chi connectivity index (χ2v) is 4.65. The van der Waals surface area contributed by atoms with Crippen molar-refractivity contribution in [3.8, 4) is 0 Å². The van der Waals surface area contributed by atoms with E-state index in [0.717, 1.165) is 24.7 Å². The molecule has 2 nitrogen and oxygen atoms in total. The summed E-state index contributed by atoms with van der Waals surface area (Å²) in [5.41, 5.74) is 0. The zero-order valence-corrected chi connectivity index (χ0v) is 7.49. The van der Waals surface area contributed by atoms with Crippen LogP contribution in [0.5, 0.6) is 0 Å². The Hall–Kier alpha value is -0.370. The maximum absolute atomic E-state index is 11.4. The normalized spacial score (nSPS) is 51.9. The standard InChI is InChI=1S/C10H15NO/c1-11-9-4-6(12)5-10(11)8-3-2-7(8)9/h7-10H,2-5H2,1H3/t7-,8-,9+,10+/m1/s1. The fourth-order valence-corrected chi connectivity index (χ4v) is 3.50. The first-order valence-electron chi connectivity index (χ1n) is 5.01. The lowest BCUT2D eigenvalue weighted by Gasteiger charge is -2.32. The molecule has 1 aliphatic carbocycles. The topological polar surface area (TPSA) is 20.3 Å². The van der Waals surface area contributed by atoms with Crippen molar-refractivity contribution in [2.75, 3.05) is 7.05 Å². The smallest absolute Gasteiger partial charge is 0.136 e. The number of carbonyl (C=O) groups is 1. The van der Waals surface area contributed by atoms with Gasteiger partial charge in [-0.1, -0.05) is 0 Å². The highest BCUT2D eigenvalue weighted by Crippen LogP contribution is 2.52. The van der Waals surface area contributed by atoms with Gasteiger partial charge in [-0.3, -0.25) is 9.69 Å². The van der Waals surface area contributed by atoms with Gasteiger partial charge in [-0.25, -0.2) is 0 Å². The molecule has 2 aliphatic heterocycles. The zero-order valence-electron chi connectivity index (χ0n) is 7.49. The van der Waals surface area contributed by atoms with Gasteiger partial charge in [0.2, 0.25) is 0 Å². The molecule has 2 bridgehead atoms. The monoisotopic (exact) mass is 165 g/mol. The van der Waals surface area contributed by atoms with Crippen molar-refractivity contribution in [2.45, 2.75) is 37.8 Å². The molecule has 0 unspecified atom stereocenters. The van der Waals surface area contributed by atoms with E-state index in [4.69, 9.17) is 0 Å². The number of hydrogen-bond donors (Lipinski definition) is 0. The molecule has 3 aliphatic rings. The SMILES string of the molecule is CN1[C@H]2CC(=O)C[C@H]1[C@@H]1CC[C@H]12. The van der Waals surface area contributed by atoms with Crippen LogP contribution in [0.1, 0.15) is 25.7 Å². The van der Waals surface area contributed by atoms with Crippen LogP contribution in [-0.2, 0) is 4.79 Å². The third-order valence-electron chi connectivity index (χ3n) is 4.29. The third-order valence-corrected chi connectivity index (χ3v) is 4.29. The van der Waals surface area contributed by atoms with Crippen LogP contribution in [0, 0.1) is 11.8 Å². The van der Waals surface area contributed by atoms with E-state index in [1.165, 1.54) is 12.8 Å². The summed E-state index contributed by atoms with van der Waals surface area (Å²) in [5, 5.41) is 0. The second-order valence-electron chi connectivity index (χ2n) is 4.65. The lowest BCUT2D eigenvalue weighted by atomic mass is 9.71. The fraction of sp³-hybridized carbons (Fsp3) is 0.900. The Morgan fingerprint density at radius 2 is 1.67 bits per heavy atom. The van der Waals surface area contributed by atoms with Gasteiger partial charge in [-0.15, -0.1) is 0 Å². The van der Waals surface area contributed by atoms with Gasteiger partial charge in [0.1, 0.15) is 5.78 Å². The van der Waals surface area contributed by atoms with E-state index in [1.54, 1.807) is 0 Å². The minimum atomic E-state index is 0.512. The molecule has 1 saturated carbocycles. The molecule has 2 heterocycles. The molecule has 0 radical (unpaired) electrons. The predicted molar refractivity (Wildman–Crippen MR) is 45.8 cm³/mol. The average molecular weight is 165 g/mol. The van der Waals surface area contributed by atoms with Crippen LogP contribution in [0.25, 0.3) is 0 Å². The van der Waals surface area contributed by atoms with E-state index >= 15 is 0 Å². The summed E-state index contributed by atoms with van der Waals surface area (Å²) in [6, 6.07) is 1.24. The summed E-state index contributed by atoms with van der Waals surface area (Å²) in [5.74, 6) is 2.27. The van der Waals surface area contributed by atoms with Crippen molar-refractivity contribution in [3.05, 3.63) is 0 Å². The van der Waals surface area contributed by atoms with Crippen LogP contribution in [0.2, 0.25) is 0 Å². The number of piperidine rings is 1. The summed E-state index contributed by atoms with van der Waals surface area (Å²) < 4.78 is 0. The molecule has 12 heavy (non-hydrogen) atoms. The molecular weight excluding hydrogens is 150 g/mol. The number of carbonyl (C=O) groups excluding carboxylic acids is 1. The molecular formula is C10H15NO. The maximum Gasteiger partial charge on any atom is 0.136 e. The highest BCUT2D eigenvalue weighted by atomic mass is 16.1. The van der Waals surface area contributed by atoms with Gasteiger partial charge in [0, 0.05) is 24.9 Å². The number of Topliss-reactive ketones (excluding diaryl/α,β-unsaturated/α-hetero) is 1. The molecule has 0 amide bonds. The molecule has 0 N–H and O–H groups in total. The number of hydrogen-bond acceptors (Lipinski definition) is 2. The van der Waals surface area contributed by atoms with Crippen LogP contribution in [0.4, 0.5) is 0 Å². The second kappa shape index (κ2) is 2.11. The molecule has 0 aromatic carbocycles. The van der Waals surface area contributed by atoms with E-state index < -0.39 is 0 Å². The minimum Gasteiger partial charge on any atom is -0.300 e. The summed E-state index contributed by atoms with van der Waals surface area (Å²) in [6.45, 7) is 0. The summed E-state index contributed by atoms with van der Waals surface area (Å²) in [7, 11) is 2.21. The Balaban J connectivity index is 1.95. The molecule has 0 spiro atoms. The van der Waals surface area contributed by atoms with Crippen molar-refractivity contribution in [1.29, 1.82) is 0 Å². The van der Waals surface area contributed by atoms with Crippen molar-refractivity contribution >= 4 is 5.78 Å². The van der Waals surface area contributed by atoms with Crippen molar-refractivity contribution in [2.24, 2.45) is 11.8 Å². The van der Waals surface area contributed by atoms with E-state index in [9.17, 15) is 4.79 Å². The van der Waals surface area contributed by atoms with E-state index in [2.05, 4.69) is 11.9 Å². The quantitative estimate of drug-likeness (QED) is 0.535. The molecule has 0 aromatic heterocycles.